The fourth-order valence-electron chi connectivity index (χ4n) is 2.02. The van der Waals surface area contributed by atoms with Crippen molar-refractivity contribution in [3.63, 3.8) is 0 Å². The van der Waals surface area contributed by atoms with Crippen molar-refractivity contribution in [2.45, 2.75) is 17.9 Å². The van der Waals surface area contributed by atoms with Gasteiger partial charge >= 0.3 is 0 Å². The van der Waals surface area contributed by atoms with Crippen LogP contribution in [0.25, 0.3) is 0 Å². The molecule has 0 saturated carbocycles. The van der Waals surface area contributed by atoms with Crippen LogP contribution in [0.1, 0.15) is 18.5 Å². The number of benzene rings is 2. The van der Waals surface area contributed by atoms with Gasteiger partial charge in [0.05, 0.1) is 0 Å². The van der Waals surface area contributed by atoms with Crippen LogP contribution in [0.3, 0.4) is 0 Å². The standard InChI is InChI=1S/C16H16F3NS/c1-2-20-15(12-9-11(17)7-8-13(12)18)10-21-16-6-4-3-5-14(16)19/h3-9,15,20H,2,10H2,1H3. The van der Waals surface area contributed by atoms with E-state index in [2.05, 4.69) is 5.32 Å². The predicted molar refractivity (Wildman–Crippen MR) is 79.9 cm³/mol. The van der Waals surface area contributed by atoms with Crippen LogP contribution in [0.2, 0.25) is 0 Å². The monoisotopic (exact) mass is 311 g/mol. The van der Waals surface area contributed by atoms with Crippen LogP contribution in [0, 0.1) is 17.5 Å². The lowest BCUT2D eigenvalue weighted by Crippen LogP contribution is -2.24. The third kappa shape index (κ3) is 4.25. The molecule has 0 spiro atoms. The van der Waals surface area contributed by atoms with Crippen molar-refractivity contribution in [3.05, 3.63) is 65.5 Å². The topological polar surface area (TPSA) is 12.0 Å². The molecule has 21 heavy (non-hydrogen) atoms. The summed E-state index contributed by atoms with van der Waals surface area (Å²) in [6.07, 6.45) is 0. The summed E-state index contributed by atoms with van der Waals surface area (Å²) in [7, 11) is 0. The molecule has 0 amide bonds. The molecule has 0 aliphatic heterocycles. The fraction of sp³-hybridized carbons (Fsp3) is 0.250. The summed E-state index contributed by atoms with van der Waals surface area (Å²) in [5, 5.41) is 3.11. The van der Waals surface area contributed by atoms with Crippen LogP contribution in [0.15, 0.2) is 47.4 Å². The molecule has 0 bridgehead atoms. The summed E-state index contributed by atoms with van der Waals surface area (Å²) in [5.41, 5.74) is 0.265. The average molecular weight is 311 g/mol. The molecule has 0 radical (unpaired) electrons. The summed E-state index contributed by atoms with van der Waals surface area (Å²) < 4.78 is 40.8. The van der Waals surface area contributed by atoms with Gasteiger partial charge in [-0.2, -0.15) is 0 Å². The van der Waals surface area contributed by atoms with Crippen molar-refractivity contribution in [2.24, 2.45) is 0 Å². The molecule has 1 nitrogen and oxygen atoms in total. The van der Waals surface area contributed by atoms with Gasteiger partial charge in [-0.3, -0.25) is 0 Å². The van der Waals surface area contributed by atoms with Crippen LogP contribution in [0.4, 0.5) is 13.2 Å². The van der Waals surface area contributed by atoms with E-state index in [0.717, 1.165) is 12.1 Å². The summed E-state index contributed by atoms with van der Waals surface area (Å²) in [6, 6.07) is 9.43. The van der Waals surface area contributed by atoms with Crippen molar-refractivity contribution in [3.8, 4) is 0 Å². The van der Waals surface area contributed by atoms with Gasteiger partial charge in [-0.15, -0.1) is 11.8 Å². The van der Waals surface area contributed by atoms with Gasteiger partial charge in [0, 0.05) is 22.3 Å². The van der Waals surface area contributed by atoms with Crippen LogP contribution in [-0.4, -0.2) is 12.3 Å². The SMILES string of the molecule is CCNC(CSc1ccccc1F)c1cc(F)ccc1F. The van der Waals surface area contributed by atoms with E-state index in [9.17, 15) is 13.2 Å². The Kier molecular flexibility index (Phi) is 5.70. The van der Waals surface area contributed by atoms with Crippen molar-refractivity contribution in [1.29, 1.82) is 0 Å². The molecular formula is C16H16F3NS. The van der Waals surface area contributed by atoms with E-state index in [1.807, 2.05) is 6.92 Å². The second-order valence-electron chi connectivity index (χ2n) is 4.52. The molecular weight excluding hydrogens is 295 g/mol. The first kappa shape index (κ1) is 15.9. The molecule has 0 saturated heterocycles. The Morgan fingerprint density at radius 3 is 2.52 bits per heavy atom. The molecule has 2 aromatic carbocycles. The highest BCUT2D eigenvalue weighted by atomic mass is 32.2. The van der Waals surface area contributed by atoms with E-state index in [4.69, 9.17) is 0 Å². The second kappa shape index (κ2) is 7.52. The predicted octanol–water partition coefficient (Wildman–Crippen LogP) is 4.55. The van der Waals surface area contributed by atoms with Gasteiger partial charge < -0.3 is 5.32 Å². The molecule has 2 aromatic rings. The zero-order valence-electron chi connectivity index (χ0n) is 11.6. The average Bonchev–Trinajstić information content (AvgIpc) is 2.48. The molecule has 0 aromatic heterocycles. The Balaban J connectivity index is 2.16. The third-order valence-corrected chi connectivity index (χ3v) is 4.17. The maximum absolute atomic E-state index is 13.9. The van der Waals surface area contributed by atoms with Gasteiger partial charge in [-0.1, -0.05) is 19.1 Å². The molecule has 1 N–H and O–H groups in total. The summed E-state index contributed by atoms with van der Waals surface area (Å²) in [6.45, 7) is 2.50. The second-order valence-corrected chi connectivity index (χ2v) is 5.58. The van der Waals surface area contributed by atoms with Gasteiger partial charge in [-0.25, -0.2) is 13.2 Å². The Morgan fingerprint density at radius 1 is 1.05 bits per heavy atom. The van der Waals surface area contributed by atoms with E-state index >= 15 is 0 Å². The molecule has 2 rings (SSSR count). The molecule has 1 atom stereocenters. The normalized spacial score (nSPS) is 12.4. The zero-order valence-corrected chi connectivity index (χ0v) is 12.4. The summed E-state index contributed by atoms with van der Waals surface area (Å²) >= 11 is 1.28. The minimum absolute atomic E-state index is 0.265. The number of hydrogen-bond acceptors (Lipinski definition) is 2. The molecule has 0 fully saturated rings. The van der Waals surface area contributed by atoms with Crippen molar-refractivity contribution in [2.75, 3.05) is 12.3 Å². The van der Waals surface area contributed by atoms with Crippen LogP contribution >= 0.6 is 11.8 Å². The van der Waals surface area contributed by atoms with E-state index in [0.29, 0.717) is 17.2 Å². The van der Waals surface area contributed by atoms with Crippen molar-refractivity contribution >= 4 is 11.8 Å². The van der Waals surface area contributed by atoms with E-state index in [1.165, 1.54) is 23.9 Å². The van der Waals surface area contributed by atoms with Gasteiger partial charge in [0.1, 0.15) is 17.5 Å². The number of thioether (sulfide) groups is 1. The molecule has 5 heteroatoms. The molecule has 0 heterocycles. The summed E-state index contributed by atoms with van der Waals surface area (Å²) in [4.78, 5) is 0.497. The van der Waals surface area contributed by atoms with Crippen LogP contribution < -0.4 is 5.32 Å². The van der Waals surface area contributed by atoms with Gasteiger partial charge in [0.25, 0.3) is 0 Å². The van der Waals surface area contributed by atoms with Crippen LogP contribution in [0.5, 0.6) is 0 Å². The van der Waals surface area contributed by atoms with Crippen molar-refractivity contribution in [1.82, 2.24) is 5.32 Å². The van der Waals surface area contributed by atoms with Crippen molar-refractivity contribution < 1.29 is 13.2 Å². The highest BCUT2D eigenvalue weighted by Gasteiger charge is 2.17. The van der Waals surface area contributed by atoms with Gasteiger partial charge in [0.2, 0.25) is 0 Å². The highest BCUT2D eigenvalue weighted by molar-refractivity contribution is 7.99. The minimum atomic E-state index is -0.481. The Bertz CT molecular complexity index is 604. The maximum Gasteiger partial charge on any atom is 0.136 e. The maximum atomic E-state index is 13.9. The Morgan fingerprint density at radius 2 is 1.81 bits per heavy atom. The molecule has 112 valence electrons. The first-order valence-electron chi connectivity index (χ1n) is 6.67. The fourth-order valence-corrected chi connectivity index (χ4v) is 3.05. The first-order valence-corrected chi connectivity index (χ1v) is 7.66. The molecule has 0 aliphatic rings. The Hall–Kier alpha value is -1.46. The highest BCUT2D eigenvalue weighted by Crippen LogP contribution is 2.28. The third-order valence-electron chi connectivity index (χ3n) is 3.03. The zero-order chi connectivity index (χ0) is 15.2. The minimum Gasteiger partial charge on any atom is -0.309 e. The smallest absolute Gasteiger partial charge is 0.136 e. The lowest BCUT2D eigenvalue weighted by molar-refractivity contribution is 0.533. The van der Waals surface area contributed by atoms with E-state index < -0.39 is 11.6 Å². The quantitative estimate of drug-likeness (QED) is 0.786. The molecule has 0 aliphatic carbocycles. The number of rotatable bonds is 6. The van der Waals surface area contributed by atoms with E-state index in [-0.39, 0.29) is 17.4 Å². The number of halogens is 3. The largest absolute Gasteiger partial charge is 0.309 e. The van der Waals surface area contributed by atoms with Gasteiger partial charge in [0.15, 0.2) is 0 Å². The molecule has 1 unspecified atom stereocenters. The van der Waals surface area contributed by atoms with E-state index in [1.54, 1.807) is 18.2 Å². The summed E-state index contributed by atoms with van der Waals surface area (Å²) in [5.74, 6) is -0.839. The Labute approximate surface area is 126 Å². The lowest BCUT2D eigenvalue weighted by atomic mass is 10.1. The number of nitrogens with one attached hydrogen (secondary N) is 1. The lowest BCUT2D eigenvalue weighted by Gasteiger charge is -2.19. The van der Waals surface area contributed by atoms with Gasteiger partial charge in [-0.05, 0) is 36.9 Å². The first-order chi connectivity index (χ1) is 10.1. The number of hydrogen-bond donors (Lipinski definition) is 1. The van der Waals surface area contributed by atoms with Crippen LogP contribution in [-0.2, 0) is 0 Å².